The molecule has 9 heterocycles. The number of carbonyl (C=O) groups excluding carboxylic acids is 2. The van der Waals surface area contributed by atoms with Gasteiger partial charge in [0.1, 0.15) is 65.3 Å². The fourth-order valence-electron chi connectivity index (χ4n) is 14.8. The van der Waals surface area contributed by atoms with E-state index in [0.29, 0.717) is 133 Å². The van der Waals surface area contributed by atoms with E-state index in [2.05, 4.69) is 113 Å². The molecule has 1 saturated carbocycles. The van der Waals surface area contributed by atoms with Gasteiger partial charge in [0.15, 0.2) is 28.4 Å². The van der Waals surface area contributed by atoms with Crippen molar-refractivity contribution in [2.45, 2.75) is 113 Å². The minimum atomic E-state index is -0.273. The molecule has 0 unspecified atom stereocenters. The van der Waals surface area contributed by atoms with Crippen molar-refractivity contribution in [3.8, 4) is 62.8 Å². The summed E-state index contributed by atoms with van der Waals surface area (Å²) in [6.07, 6.45) is 16.8. The maximum atomic E-state index is 13.3. The van der Waals surface area contributed by atoms with Crippen LogP contribution in [0.25, 0.3) is 99.2 Å². The van der Waals surface area contributed by atoms with E-state index in [9.17, 15) is 14.9 Å². The molecule has 0 radical (unpaired) electrons. The summed E-state index contributed by atoms with van der Waals surface area (Å²) in [5, 5.41) is 34.0. The second kappa shape index (κ2) is 36.6. The highest BCUT2D eigenvalue weighted by Gasteiger charge is 2.34. The number of allylic oxidation sites excluding steroid dienone is 4. The average Bonchev–Trinajstić information content (AvgIpc) is 1.61. The van der Waals surface area contributed by atoms with E-state index in [4.69, 9.17) is 66.7 Å². The number of rotatable bonds is 19. The summed E-state index contributed by atoms with van der Waals surface area (Å²) >= 11 is 6.28. The van der Waals surface area contributed by atoms with Crippen molar-refractivity contribution in [1.82, 2.24) is 74.0 Å². The maximum absolute atomic E-state index is 13.3. The monoisotopic (exact) mass is 1670 g/mol. The number of benzene rings is 6. The van der Waals surface area contributed by atoms with Crippen molar-refractivity contribution in [2.24, 2.45) is 16.7 Å². The van der Waals surface area contributed by atoms with Crippen molar-refractivity contribution in [1.29, 1.82) is 5.26 Å². The van der Waals surface area contributed by atoms with E-state index >= 15 is 0 Å². The number of nitrogens with one attached hydrogen (secondary N) is 2. The molecule has 2 saturated heterocycles. The number of fused-ring (bicyclic) bond motifs is 3. The standard InChI is InChI=1S/C33H36N8O.C32H32N8O.C31H28ClN7O2/c1-21-9-11-23(12-10-21)22(2)38-25-15-13-24(14-16-25)29-28-30(34)36-20-37-31(28)41(39-29)26-8-7-17-40(19-26)32(42)27(35-6)18-33(3,4)5;1-20-6-10-23(11-7-20)21(2)37-25-14-12-24(13-15-25)29-28-30(33)35-19-36-31(28)40(38-29)26-5-4-16-39(18-26)32(41)27(34-3)17-22-8-9-22;1-18-6-8-22(14-23(18)32)41-25-9-7-19(12-26(25)40-5)28-27-29(34)36-17-37-30(27)39(38-28)21-10-11-35-24(13-21)20(16-33)15-31(2,3)4/h9-16,18,20,26,38H,2,7-8,17,19H2,1,3-5H3,(H2,34,36,37);6-7,10-15,17,19,22,26,37H,2,4-5,8-9,16,18H2,1H3,(H2,33,35,36);6-15,17H,1-5H3,(H2,34,36,37)/b27-18-;27-17-;20-15+/t2*26-;/m11./s1. The molecular formula is C96H96ClN23O4. The van der Waals surface area contributed by atoms with Crippen LogP contribution in [0.15, 0.2) is 214 Å². The highest BCUT2D eigenvalue weighted by Crippen LogP contribution is 2.43. The lowest BCUT2D eigenvalue weighted by atomic mass is 9.93. The zero-order valence-corrected chi connectivity index (χ0v) is 71.7. The van der Waals surface area contributed by atoms with E-state index in [-0.39, 0.29) is 51.9 Å². The number of hydrogen-bond donors (Lipinski definition) is 5. The van der Waals surface area contributed by atoms with Gasteiger partial charge in [-0.05, 0) is 159 Å². The molecule has 1 aliphatic carbocycles. The quantitative estimate of drug-likeness (QED) is 0.0285. The number of nitrogens with two attached hydrogens (primary N) is 3. The van der Waals surface area contributed by atoms with Crippen LogP contribution in [-0.2, 0) is 9.59 Å². The fraction of sp³-hybridized carbons (Fsp3) is 0.260. The van der Waals surface area contributed by atoms with Gasteiger partial charge in [-0.3, -0.25) is 14.6 Å². The Balaban J connectivity index is 0.000000151. The summed E-state index contributed by atoms with van der Waals surface area (Å²) in [6, 6.07) is 49.0. The molecule has 28 heteroatoms. The molecule has 6 aromatic carbocycles. The Morgan fingerprint density at radius 2 is 1.04 bits per heavy atom. The molecule has 16 rings (SSSR count). The molecule has 626 valence electrons. The molecule has 2 amide bonds. The first kappa shape index (κ1) is 85.5. The minimum Gasteiger partial charge on any atom is -0.493 e. The zero-order valence-electron chi connectivity index (χ0n) is 70.9. The predicted molar refractivity (Wildman–Crippen MR) is 489 cm³/mol. The number of nitriles is 1. The van der Waals surface area contributed by atoms with E-state index in [1.54, 1.807) is 58.1 Å². The number of halogens is 1. The zero-order chi connectivity index (χ0) is 87.8. The molecular weight excluding hydrogens is 1570 g/mol. The SMILES string of the molecule is COc1cc(-c2nn(-c3ccnc(/C(C#N)=C/C(C)(C)C)c3)c3ncnc(N)c23)ccc1Oc1ccc(C)c(Cl)c1.[C-]#[N+]/C(=C\C(C)(C)C)C(=O)N1CCC[C@@H](n2nc(-c3ccc(NC(=C)c4ccc(C)cc4)cc3)c3c(N)ncnc32)C1.[C-]#[N+]/C(=C\C1CC1)C(=O)N1CCC[C@@H](n2nc(-c3ccc(NC(=C)c4ccc(C)cc4)cc3)c3c(N)ncnc32)C1. The van der Waals surface area contributed by atoms with Crippen molar-refractivity contribution < 1.29 is 19.1 Å². The Morgan fingerprint density at radius 1 is 0.565 bits per heavy atom. The predicted octanol–water partition coefficient (Wildman–Crippen LogP) is 19.5. The summed E-state index contributed by atoms with van der Waals surface area (Å²) in [5.74, 6) is 2.51. The first-order valence-corrected chi connectivity index (χ1v) is 41.1. The van der Waals surface area contributed by atoms with Crippen LogP contribution in [0.4, 0.5) is 28.8 Å². The third kappa shape index (κ3) is 19.6. The summed E-state index contributed by atoms with van der Waals surface area (Å²) in [4.78, 5) is 67.8. The number of likely N-dealkylation sites (tertiary alicyclic amines) is 2. The van der Waals surface area contributed by atoms with Gasteiger partial charge in [-0.15, -0.1) is 0 Å². The van der Waals surface area contributed by atoms with Crippen LogP contribution in [0.1, 0.15) is 126 Å². The lowest BCUT2D eigenvalue weighted by Crippen LogP contribution is -2.41. The number of amides is 2. The minimum absolute atomic E-state index is 0.0927. The van der Waals surface area contributed by atoms with Gasteiger partial charge in [0.25, 0.3) is 11.8 Å². The van der Waals surface area contributed by atoms with E-state index in [1.165, 1.54) is 30.1 Å². The van der Waals surface area contributed by atoms with Gasteiger partial charge < -0.3 is 47.1 Å². The number of methoxy groups -OCH3 is 1. The molecule has 124 heavy (non-hydrogen) atoms. The highest BCUT2D eigenvalue weighted by molar-refractivity contribution is 6.31. The molecule has 27 nitrogen and oxygen atoms in total. The molecule has 3 fully saturated rings. The number of aromatic nitrogens is 13. The normalized spacial score (nSPS) is 15.0. The number of ether oxygens (including phenoxy) is 2. The van der Waals surface area contributed by atoms with E-state index < -0.39 is 0 Å². The molecule has 7 aromatic heterocycles. The molecule has 2 aliphatic heterocycles. The van der Waals surface area contributed by atoms with Gasteiger partial charge in [0, 0.05) is 76.9 Å². The summed E-state index contributed by atoms with van der Waals surface area (Å²) in [7, 11) is 1.57. The first-order chi connectivity index (χ1) is 59.5. The van der Waals surface area contributed by atoms with Crippen LogP contribution in [0, 0.1) is 62.0 Å². The Morgan fingerprint density at radius 3 is 1.51 bits per heavy atom. The van der Waals surface area contributed by atoms with Crippen molar-refractivity contribution >= 4 is 102 Å². The molecule has 2 atom stereocenters. The molecule has 3 aliphatic rings. The van der Waals surface area contributed by atoms with E-state index in [0.717, 1.165) is 94.7 Å². The number of piperidine rings is 2. The average molecular weight is 1670 g/mol. The number of anilines is 5. The van der Waals surface area contributed by atoms with Gasteiger partial charge in [-0.25, -0.2) is 53.6 Å². The Hall–Kier alpha value is -14.9. The lowest BCUT2D eigenvalue weighted by Gasteiger charge is -2.33. The van der Waals surface area contributed by atoms with Gasteiger partial charge >= 0.3 is 0 Å². The van der Waals surface area contributed by atoms with Crippen molar-refractivity contribution in [3.05, 3.63) is 275 Å². The fourth-order valence-corrected chi connectivity index (χ4v) is 15.0. The second-order valence-corrected chi connectivity index (χ2v) is 33.6. The van der Waals surface area contributed by atoms with Gasteiger partial charge in [-0.2, -0.15) is 20.6 Å². The van der Waals surface area contributed by atoms with Crippen LogP contribution >= 0.6 is 11.6 Å². The van der Waals surface area contributed by atoms with Crippen molar-refractivity contribution in [2.75, 3.05) is 61.1 Å². The Bertz CT molecular complexity index is 6480. The second-order valence-electron chi connectivity index (χ2n) is 33.2. The summed E-state index contributed by atoms with van der Waals surface area (Å²) < 4.78 is 17.2. The van der Waals surface area contributed by atoms with Crippen LogP contribution < -0.4 is 37.3 Å². The van der Waals surface area contributed by atoms with Gasteiger partial charge in [0.05, 0.1) is 65.5 Å². The lowest BCUT2D eigenvalue weighted by molar-refractivity contribution is -0.129. The third-order valence-corrected chi connectivity index (χ3v) is 21.7. The molecule has 13 aromatic rings. The number of nitrogens with zero attached hydrogens (tertiary/aromatic N) is 18. The van der Waals surface area contributed by atoms with Crippen LogP contribution in [-0.4, -0.2) is 119 Å². The van der Waals surface area contributed by atoms with Crippen LogP contribution in [0.5, 0.6) is 17.2 Å². The van der Waals surface area contributed by atoms with Crippen LogP contribution in [0.3, 0.4) is 0 Å². The van der Waals surface area contributed by atoms with E-state index in [1.807, 2.05) is 167 Å². The molecule has 0 bridgehead atoms. The largest absolute Gasteiger partial charge is 0.493 e. The van der Waals surface area contributed by atoms with Crippen LogP contribution in [0.2, 0.25) is 5.02 Å². The smallest absolute Gasteiger partial charge is 0.252 e. The van der Waals surface area contributed by atoms with Gasteiger partial charge in [-0.1, -0.05) is 175 Å². The summed E-state index contributed by atoms with van der Waals surface area (Å²) in [6.45, 7) is 43.7. The van der Waals surface area contributed by atoms with Gasteiger partial charge in [0.2, 0.25) is 11.4 Å². The molecule has 0 spiro atoms. The maximum Gasteiger partial charge on any atom is 0.252 e. The Kier molecular flexibility index (Phi) is 25.2. The number of aryl methyl sites for hydroxylation is 3. The summed E-state index contributed by atoms with van der Waals surface area (Å²) in [5.41, 5.74) is 35.7. The topological polar surface area (TPSA) is 337 Å². The Labute approximate surface area is 725 Å². The number of hydrogen-bond acceptors (Lipinski definition) is 20. The molecule has 8 N–H and O–H groups in total. The third-order valence-electron chi connectivity index (χ3n) is 21.3. The highest BCUT2D eigenvalue weighted by atomic mass is 35.5. The number of pyridine rings is 1. The van der Waals surface area contributed by atoms with Crippen molar-refractivity contribution in [3.63, 3.8) is 0 Å². The first-order valence-electron chi connectivity index (χ1n) is 40.8. The number of carbonyl (C=O) groups is 2. The number of nitrogen functional groups attached to an aromatic ring is 3.